The van der Waals surface area contributed by atoms with Gasteiger partial charge in [-0.15, -0.1) is 0 Å². The molecule has 0 amide bonds. The maximum atomic E-state index is 5.30. The lowest BCUT2D eigenvalue weighted by atomic mass is 9.69. The fourth-order valence-electron chi connectivity index (χ4n) is 10.5. The minimum Gasteiger partial charge on any atom is -0.254 e. The molecule has 0 bridgehead atoms. The van der Waals surface area contributed by atoms with Gasteiger partial charge in [-0.05, 0) is 113 Å². The third kappa shape index (κ3) is 3.64. The van der Waals surface area contributed by atoms with Gasteiger partial charge in [0.2, 0.25) is 0 Å². The Labute approximate surface area is 318 Å². The summed E-state index contributed by atoms with van der Waals surface area (Å²) in [7, 11) is 0. The Hall–Kier alpha value is -7.16. The van der Waals surface area contributed by atoms with Gasteiger partial charge in [-0.1, -0.05) is 152 Å². The zero-order valence-electron chi connectivity index (χ0n) is 29.7. The van der Waals surface area contributed by atoms with Crippen molar-refractivity contribution in [3.63, 3.8) is 0 Å². The Morgan fingerprint density at radius 2 is 0.945 bits per heavy atom. The number of hydrogen-bond acceptors (Lipinski definition) is 2. The fraction of sp³-hybridized carbons (Fsp3) is 0.0189. The highest BCUT2D eigenvalue weighted by molar-refractivity contribution is 6.21. The first-order valence-electron chi connectivity index (χ1n) is 19.1. The van der Waals surface area contributed by atoms with Gasteiger partial charge in [0.25, 0.3) is 0 Å². The summed E-state index contributed by atoms with van der Waals surface area (Å²) in [5, 5.41) is 4.81. The molecule has 1 spiro atoms. The van der Waals surface area contributed by atoms with E-state index < -0.39 is 5.41 Å². The number of hydrogen-bond donors (Lipinski definition) is 0. The van der Waals surface area contributed by atoms with E-state index in [9.17, 15) is 0 Å². The van der Waals surface area contributed by atoms with Crippen LogP contribution in [0.25, 0.3) is 99.5 Å². The molecule has 0 atom stereocenters. The Morgan fingerprint density at radius 3 is 1.73 bits per heavy atom. The van der Waals surface area contributed by atoms with Crippen LogP contribution in [0.15, 0.2) is 182 Å². The number of nitrogens with zero attached hydrogens (tertiary/aromatic N) is 2. The molecule has 2 heterocycles. The summed E-state index contributed by atoms with van der Waals surface area (Å²) in [5.74, 6) is 0. The zero-order chi connectivity index (χ0) is 35.8. The van der Waals surface area contributed by atoms with E-state index in [0.29, 0.717) is 0 Å². The van der Waals surface area contributed by atoms with E-state index in [1.165, 1.54) is 88.7 Å². The first kappa shape index (κ1) is 29.3. The van der Waals surface area contributed by atoms with Gasteiger partial charge in [0.05, 0.1) is 22.1 Å². The second-order valence-corrected chi connectivity index (χ2v) is 15.2. The van der Waals surface area contributed by atoms with Crippen LogP contribution >= 0.6 is 0 Å². The fourth-order valence-corrected chi connectivity index (χ4v) is 10.5. The van der Waals surface area contributed by atoms with Crippen molar-refractivity contribution >= 4 is 32.6 Å². The second-order valence-electron chi connectivity index (χ2n) is 15.2. The third-order valence-electron chi connectivity index (χ3n) is 12.6. The first-order chi connectivity index (χ1) is 27.3. The molecule has 0 unspecified atom stereocenters. The van der Waals surface area contributed by atoms with Crippen molar-refractivity contribution in [2.24, 2.45) is 0 Å². The third-order valence-corrected chi connectivity index (χ3v) is 12.6. The van der Waals surface area contributed by atoms with Gasteiger partial charge < -0.3 is 0 Å². The van der Waals surface area contributed by atoms with E-state index in [-0.39, 0.29) is 0 Å². The van der Waals surface area contributed by atoms with Gasteiger partial charge in [0, 0.05) is 22.5 Å². The van der Waals surface area contributed by atoms with E-state index in [1.54, 1.807) is 0 Å². The molecule has 0 N–H and O–H groups in total. The van der Waals surface area contributed by atoms with Crippen LogP contribution in [0.2, 0.25) is 0 Å². The van der Waals surface area contributed by atoms with Crippen molar-refractivity contribution in [1.82, 2.24) is 9.97 Å². The van der Waals surface area contributed by atoms with Crippen molar-refractivity contribution in [2.75, 3.05) is 0 Å². The van der Waals surface area contributed by atoms with Crippen molar-refractivity contribution < 1.29 is 0 Å². The molecule has 0 fully saturated rings. The molecule has 2 aromatic heterocycles. The summed E-state index contributed by atoms with van der Waals surface area (Å²) >= 11 is 0. The molecular weight excluding hydrogens is 665 g/mol. The Morgan fingerprint density at radius 1 is 0.345 bits per heavy atom. The van der Waals surface area contributed by atoms with Gasteiger partial charge in [-0.3, -0.25) is 4.98 Å². The van der Waals surface area contributed by atoms with Gasteiger partial charge >= 0.3 is 0 Å². The number of fused-ring (bicyclic) bond motifs is 16. The average Bonchev–Trinajstić information content (AvgIpc) is 3.85. The maximum absolute atomic E-state index is 5.30. The highest BCUT2D eigenvalue weighted by Gasteiger charge is 2.53. The zero-order valence-corrected chi connectivity index (χ0v) is 29.7. The smallest absolute Gasteiger partial charge is 0.0972 e. The first-order valence-corrected chi connectivity index (χ1v) is 19.1. The molecule has 0 aliphatic heterocycles. The molecule has 55 heavy (non-hydrogen) atoms. The Kier molecular flexibility index (Phi) is 5.59. The molecule has 252 valence electrons. The van der Waals surface area contributed by atoms with Crippen LogP contribution in [0.5, 0.6) is 0 Å². The lowest BCUT2D eigenvalue weighted by molar-refractivity contribution is 0.794. The summed E-state index contributed by atoms with van der Waals surface area (Å²) < 4.78 is 0. The lowest BCUT2D eigenvalue weighted by Crippen LogP contribution is -2.26. The molecule has 13 rings (SSSR count). The molecule has 8 aromatic carbocycles. The van der Waals surface area contributed by atoms with E-state index >= 15 is 0 Å². The molecule has 3 aliphatic rings. The molecule has 0 saturated carbocycles. The highest BCUT2D eigenvalue weighted by Crippen LogP contribution is 2.67. The minimum absolute atomic E-state index is 0.447. The topological polar surface area (TPSA) is 25.8 Å². The highest BCUT2D eigenvalue weighted by atomic mass is 14.8. The Balaban J connectivity index is 1.16. The predicted molar refractivity (Wildman–Crippen MR) is 226 cm³/mol. The lowest BCUT2D eigenvalue weighted by Gasteiger charge is -2.31. The van der Waals surface area contributed by atoms with Gasteiger partial charge in [0.1, 0.15) is 0 Å². The summed E-state index contributed by atoms with van der Waals surface area (Å²) in [4.78, 5) is 10.1. The quantitative estimate of drug-likeness (QED) is 0.168. The molecule has 2 heteroatoms. The van der Waals surface area contributed by atoms with Crippen LogP contribution in [0.3, 0.4) is 0 Å². The van der Waals surface area contributed by atoms with Crippen LogP contribution in [-0.2, 0) is 5.41 Å². The van der Waals surface area contributed by atoms with Gasteiger partial charge in [-0.2, -0.15) is 0 Å². The van der Waals surface area contributed by atoms with Gasteiger partial charge in [0.15, 0.2) is 0 Å². The van der Waals surface area contributed by atoms with Crippen LogP contribution in [0.4, 0.5) is 0 Å². The van der Waals surface area contributed by atoms with Crippen LogP contribution in [0.1, 0.15) is 22.3 Å². The standard InChI is InChI=1S/C53H30N2/c1-4-21-42-36(16-1)37-17-2-5-22-43(37)53(42)44-23-6-3-18-39(44)50-45(53)30-41-38-19-8-11-31-12-9-20-40(47(31)38)49(41)48(50)35-14-7-13-34(29-35)46-27-26-33-25-24-32-15-10-28-54-51(32)52(33)55-46/h1-30H. The van der Waals surface area contributed by atoms with Crippen LogP contribution < -0.4 is 0 Å². The SMILES string of the molecule is c1cc(-c2ccc3ccc4cccnc4c3n2)cc(-c2c3c(cc4c2-c2ccccc2C42c4ccccc4-c4ccccc42)-c2cccc4cccc-3c24)c1. The summed E-state index contributed by atoms with van der Waals surface area (Å²) in [6, 6.07) is 65.3. The Bertz CT molecular complexity index is 3280. The maximum Gasteiger partial charge on any atom is 0.0972 e. The summed E-state index contributed by atoms with van der Waals surface area (Å²) in [6.07, 6.45) is 1.86. The number of rotatable bonds is 2. The van der Waals surface area contributed by atoms with E-state index in [1.807, 2.05) is 12.3 Å². The van der Waals surface area contributed by atoms with Crippen molar-refractivity contribution in [3.05, 3.63) is 204 Å². The molecular formula is C53H30N2. The molecule has 3 aliphatic carbocycles. The monoisotopic (exact) mass is 694 g/mol. The predicted octanol–water partition coefficient (Wildman–Crippen LogP) is 13.3. The minimum atomic E-state index is -0.447. The van der Waals surface area contributed by atoms with Crippen molar-refractivity contribution in [3.8, 4) is 66.9 Å². The van der Waals surface area contributed by atoms with E-state index in [0.717, 1.165) is 33.1 Å². The van der Waals surface area contributed by atoms with Crippen LogP contribution in [0, 0.1) is 0 Å². The van der Waals surface area contributed by atoms with Gasteiger partial charge in [-0.25, -0.2) is 4.98 Å². The van der Waals surface area contributed by atoms with Crippen molar-refractivity contribution in [2.45, 2.75) is 5.41 Å². The van der Waals surface area contributed by atoms with E-state index in [2.05, 4.69) is 170 Å². The molecule has 10 aromatic rings. The molecule has 0 saturated heterocycles. The number of benzene rings is 8. The molecule has 0 radical (unpaired) electrons. The summed E-state index contributed by atoms with van der Waals surface area (Å²) in [5.41, 5.74) is 21.9. The average molecular weight is 695 g/mol. The number of aromatic nitrogens is 2. The summed E-state index contributed by atoms with van der Waals surface area (Å²) in [6.45, 7) is 0. The number of pyridine rings is 2. The normalized spacial score (nSPS) is 13.6. The van der Waals surface area contributed by atoms with Crippen LogP contribution in [-0.4, -0.2) is 9.97 Å². The van der Waals surface area contributed by atoms with Crippen molar-refractivity contribution in [1.29, 1.82) is 0 Å². The molecule has 2 nitrogen and oxygen atoms in total. The second kappa shape index (κ2) is 10.5. The van der Waals surface area contributed by atoms with E-state index in [4.69, 9.17) is 9.97 Å². The largest absolute Gasteiger partial charge is 0.254 e.